The Hall–Kier alpha value is -1.27. The molecule has 0 unspecified atom stereocenters. The standard InChI is InChI=1S/C15H25N3O2S/c1-11-3-5-12(6-4-11)10-18-15-9-13(7-8-14(15)16)21(19,20)17-2/h7-9,11-12,17-18H,3-6,10,16H2,1-2H3. The highest BCUT2D eigenvalue weighted by atomic mass is 32.2. The number of nitrogens with two attached hydrogens (primary N) is 1. The van der Waals surface area contributed by atoms with Crippen molar-refractivity contribution in [2.24, 2.45) is 11.8 Å². The monoisotopic (exact) mass is 311 g/mol. The topological polar surface area (TPSA) is 84.2 Å². The van der Waals surface area contributed by atoms with E-state index in [2.05, 4.69) is 17.0 Å². The van der Waals surface area contributed by atoms with Crippen LogP contribution in [0.25, 0.3) is 0 Å². The quantitative estimate of drug-likeness (QED) is 0.729. The van der Waals surface area contributed by atoms with E-state index >= 15 is 0 Å². The van der Waals surface area contributed by atoms with E-state index in [0.29, 0.717) is 17.3 Å². The summed E-state index contributed by atoms with van der Waals surface area (Å²) in [7, 11) is -2.03. The molecule has 1 saturated carbocycles. The second kappa shape index (κ2) is 6.66. The summed E-state index contributed by atoms with van der Waals surface area (Å²) in [5.41, 5.74) is 7.21. The van der Waals surface area contributed by atoms with E-state index < -0.39 is 10.0 Å². The summed E-state index contributed by atoms with van der Waals surface area (Å²) in [6, 6.07) is 4.76. The summed E-state index contributed by atoms with van der Waals surface area (Å²) >= 11 is 0. The number of nitrogen functional groups attached to an aromatic ring is 1. The maximum absolute atomic E-state index is 11.8. The lowest BCUT2D eigenvalue weighted by atomic mass is 9.83. The summed E-state index contributed by atoms with van der Waals surface area (Å²) in [5.74, 6) is 1.47. The largest absolute Gasteiger partial charge is 0.397 e. The van der Waals surface area contributed by atoms with Crippen LogP contribution in [0.5, 0.6) is 0 Å². The Labute approximate surface area is 127 Å². The van der Waals surface area contributed by atoms with Gasteiger partial charge in [-0.3, -0.25) is 0 Å². The van der Waals surface area contributed by atoms with Crippen molar-refractivity contribution >= 4 is 21.4 Å². The van der Waals surface area contributed by atoms with Gasteiger partial charge in [-0.2, -0.15) is 0 Å². The van der Waals surface area contributed by atoms with Gasteiger partial charge in [-0.25, -0.2) is 13.1 Å². The lowest BCUT2D eigenvalue weighted by Crippen LogP contribution is -2.21. The van der Waals surface area contributed by atoms with Gasteiger partial charge in [0.25, 0.3) is 0 Å². The third-order valence-corrected chi connectivity index (χ3v) is 5.73. The Morgan fingerprint density at radius 1 is 1.24 bits per heavy atom. The molecule has 118 valence electrons. The van der Waals surface area contributed by atoms with Crippen molar-refractivity contribution in [3.05, 3.63) is 18.2 Å². The zero-order valence-corrected chi connectivity index (χ0v) is 13.5. The molecule has 0 saturated heterocycles. The average Bonchev–Trinajstić information content (AvgIpc) is 2.48. The minimum atomic E-state index is -3.43. The Bertz CT molecular complexity index is 579. The molecule has 1 fully saturated rings. The minimum absolute atomic E-state index is 0.235. The van der Waals surface area contributed by atoms with Gasteiger partial charge in [0.2, 0.25) is 10.0 Å². The fraction of sp³-hybridized carbons (Fsp3) is 0.600. The second-order valence-electron chi connectivity index (χ2n) is 5.96. The van der Waals surface area contributed by atoms with Crippen LogP contribution in [0.1, 0.15) is 32.6 Å². The molecule has 4 N–H and O–H groups in total. The molecule has 0 radical (unpaired) electrons. The van der Waals surface area contributed by atoms with Crippen molar-refractivity contribution < 1.29 is 8.42 Å². The van der Waals surface area contributed by atoms with E-state index in [-0.39, 0.29) is 4.90 Å². The molecule has 0 amide bonds. The molecule has 1 aromatic carbocycles. The van der Waals surface area contributed by atoms with Crippen molar-refractivity contribution in [3.63, 3.8) is 0 Å². The van der Waals surface area contributed by atoms with Crippen LogP contribution >= 0.6 is 0 Å². The van der Waals surface area contributed by atoms with Crippen molar-refractivity contribution in [1.29, 1.82) is 0 Å². The average molecular weight is 311 g/mol. The Morgan fingerprint density at radius 2 is 1.90 bits per heavy atom. The third-order valence-electron chi connectivity index (χ3n) is 4.32. The van der Waals surface area contributed by atoms with E-state index in [9.17, 15) is 8.42 Å². The molecule has 0 aromatic heterocycles. The third kappa shape index (κ3) is 4.11. The molecule has 0 aliphatic heterocycles. The summed E-state index contributed by atoms with van der Waals surface area (Å²) in [4.78, 5) is 0.235. The fourth-order valence-electron chi connectivity index (χ4n) is 2.76. The van der Waals surface area contributed by atoms with Gasteiger partial charge in [-0.1, -0.05) is 19.8 Å². The molecule has 1 aliphatic carbocycles. The van der Waals surface area contributed by atoms with E-state index in [0.717, 1.165) is 12.5 Å². The number of rotatable bonds is 5. The van der Waals surface area contributed by atoms with Crippen LogP contribution in [0.4, 0.5) is 11.4 Å². The van der Waals surface area contributed by atoms with Crippen LogP contribution in [0.15, 0.2) is 23.1 Å². The predicted molar refractivity (Wildman–Crippen MR) is 86.7 cm³/mol. The van der Waals surface area contributed by atoms with Gasteiger partial charge in [-0.05, 0) is 49.9 Å². The highest BCUT2D eigenvalue weighted by molar-refractivity contribution is 7.89. The van der Waals surface area contributed by atoms with Crippen LogP contribution < -0.4 is 15.8 Å². The molecule has 1 aromatic rings. The molecule has 0 spiro atoms. The second-order valence-corrected chi connectivity index (χ2v) is 7.85. The number of hydrogen-bond donors (Lipinski definition) is 3. The van der Waals surface area contributed by atoms with Gasteiger partial charge < -0.3 is 11.1 Å². The molecule has 0 atom stereocenters. The van der Waals surface area contributed by atoms with Crippen LogP contribution in [0.3, 0.4) is 0 Å². The van der Waals surface area contributed by atoms with Crippen LogP contribution in [0.2, 0.25) is 0 Å². The van der Waals surface area contributed by atoms with Gasteiger partial charge >= 0.3 is 0 Å². The fourth-order valence-corrected chi connectivity index (χ4v) is 3.52. The number of nitrogens with one attached hydrogen (secondary N) is 2. The van der Waals surface area contributed by atoms with Gasteiger partial charge in [0.15, 0.2) is 0 Å². The number of anilines is 2. The number of hydrogen-bond acceptors (Lipinski definition) is 4. The highest BCUT2D eigenvalue weighted by Gasteiger charge is 2.19. The molecule has 6 heteroatoms. The van der Waals surface area contributed by atoms with E-state index in [1.807, 2.05) is 0 Å². The highest BCUT2D eigenvalue weighted by Crippen LogP contribution is 2.29. The maximum atomic E-state index is 11.8. The van der Waals surface area contributed by atoms with E-state index in [4.69, 9.17) is 5.73 Å². The molecule has 1 aliphatic rings. The van der Waals surface area contributed by atoms with Crippen LogP contribution in [-0.4, -0.2) is 22.0 Å². The smallest absolute Gasteiger partial charge is 0.240 e. The molecular weight excluding hydrogens is 286 g/mol. The molecule has 21 heavy (non-hydrogen) atoms. The van der Waals surface area contributed by atoms with Gasteiger partial charge in [0.05, 0.1) is 16.3 Å². The van der Waals surface area contributed by atoms with E-state index in [1.165, 1.54) is 38.8 Å². The number of benzene rings is 1. The van der Waals surface area contributed by atoms with Gasteiger partial charge in [0.1, 0.15) is 0 Å². The molecule has 5 nitrogen and oxygen atoms in total. The first-order chi connectivity index (χ1) is 9.92. The lowest BCUT2D eigenvalue weighted by molar-refractivity contribution is 0.300. The first-order valence-corrected chi connectivity index (χ1v) is 8.97. The Morgan fingerprint density at radius 3 is 2.52 bits per heavy atom. The van der Waals surface area contributed by atoms with E-state index in [1.54, 1.807) is 12.1 Å². The summed E-state index contributed by atoms with van der Waals surface area (Å²) < 4.78 is 26.0. The normalized spacial score (nSPS) is 23.0. The number of sulfonamides is 1. The lowest BCUT2D eigenvalue weighted by Gasteiger charge is -2.26. The zero-order chi connectivity index (χ0) is 15.5. The van der Waals surface area contributed by atoms with Crippen LogP contribution in [0, 0.1) is 11.8 Å². The van der Waals surface area contributed by atoms with Gasteiger partial charge in [-0.15, -0.1) is 0 Å². The summed E-state index contributed by atoms with van der Waals surface area (Å²) in [5, 5.41) is 3.32. The van der Waals surface area contributed by atoms with Crippen molar-refractivity contribution in [2.75, 3.05) is 24.6 Å². The minimum Gasteiger partial charge on any atom is -0.397 e. The van der Waals surface area contributed by atoms with Gasteiger partial charge in [0, 0.05) is 6.54 Å². The molecule has 0 bridgehead atoms. The Balaban J connectivity index is 2.04. The van der Waals surface area contributed by atoms with Crippen molar-refractivity contribution in [2.45, 2.75) is 37.5 Å². The maximum Gasteiger partial charge on any atom is 0.240 e. The first kappa shape index (κ1) is 16.1. The zero-order valence-electron chi connectivity index (χ0n) is 12.7. The first-order valence-electron chi connectivity index (χ1n) is 7.49. The summed E-state index contributed by atoms with van der Waals surface area (Å²) in [6.07, 6.45) is 5.00. The Kier molecular flexibility index (Phi) is 5.11. The molecule has 2 rings (SSSR count). The predicted octanol–water partition coefficient (Wildman–Crippen LogP) is 2.42. The SMILES string of the molecule is CNS(=O)(=O)c1ccc(N)c(NCC2CCC(C)CC2)c1. The molecule has 0 heterocycles. The molecular formula is C15H25N3O2S. The van der Waals surface area contributed by atoms with Crippen molar-refractivity contribution in [3.8, 4) is 0 Å². The van der Waals surface area contributed by atoms with Crippen molar-refractivity contribution in [1.82, 2.24) is 4.72 Å². The van der Waals surface area contributed by atoms with Crippen LogP contribution in [-0.2, 0) is 10.0 Å². The summed E-state index contributed by atoms with van der Waals surface area (Å²) in [6.45, 7) is 3.15.